The first-order valence-electron chi connectivity index (χ1n) is 7.92. The molecule has 28 heavy (non-hydrogen) atoms. The first-order valence-corrected chi connectivity index (χ1v) is 9.81. The minimum absolute atomic E-state index is 0.184. The Morgan fingerprint density at radius 1 is 0.964 bits per heavy atom. The van der Waals surface area contributed by atoms with Crippen molar-refractivity contribution in [1.29, 1.82) is 0 Å². The molecule has 0 spiro atoms. The standard InChI is InChI=1S/C19H13F5O3S/c1-28(25,26)18-10-16(20)15(9-17(18)21)14-7-3-6-13(14)11-4-2-5-12(8-11)27-19(22,23)24/h2,4-10H,3H2,1H3. The monoisotopic (exact) mass is 416 g/mol. The molecule has 0 saturated heterocycles. The van der Waals surface area contributed by atoms with E-state index < -0.39 is 38.5 Å². The van der Waals surface area contributed by atoms with Crippen LogP contribution in [0.3, 0.4) is 0 Å². The molecule has 0 saturated carbocycles. The highest BCUT2D eigenvalue weighted by molar-refractivity contribution is 7.90. The van der Waals surface area contributed by atoms with Crippen molar-refractivity contribution in [3.63, 3.8) is 0 Å². The molecular weight excluding hydrogens is 403 g/mol. The lowest BCUT2D eigenvalue weighted by atomic mass is 9.94. The van der Waals surface area contributed by atoms with E-state index in [0.29, 0.717) is 23.6 Å². The molecule has 0 radical (unpaired) electrons. The molecule has 9 heteroatoms. The van der Waals surface area contributed by atoms with Crippen LogP contribution in [-0.4, -0.2) is 21.0 Å². The smallest absolute Gasteiger partial charge is 0.406 e. The molecule has 1 aliphatic rings. The molecule has 1 aliphatic carbocycles. The van der Waals surface area contributed by atoms with Gasteiger partial charge in [0, 0.05) is 11.8 Å². The maximum absolute atomic E-state index is 14.5. The molecule has 3 nitrogen and oxygen atoms in total. The van der Waals surface area contributed by atoms with Crippen molar-refractivity contribution >= 4 is 21.0 Å². The average Bonchev–Trinajstić information content (AvgIpc) is 3.03. The summed E-state index contributed by atoms with van der Waals surface area (Å²) in [6.07, 6.45) is -0.534. The Labute approximate surface area is 157 Å². The molecule has 2 aromatic carbocycles. The van der Waals surface area contributed by atoms with Gasteiger partial charge in [0.15, 0.2) is 9.84 Å². The molecule has 0 aliphatic heterocycles. The van der Waals surface area contributed by atoms with Crippen LogP contribution in [0.25, 0.3) is 11.1 Å². The molecule has 0 heterocycles. The van der Waals surface area contributed by atoms with Crippen LogP contribution < -0.4 is 4.74 Å². The Hall–Kier alpha value is -2.68. The molecular formula is C19H13F5O3S. The zero-order valence-corrected chi connectivity index (χ0v) is 15.2. The Morgan fingerprint density at radius 2 is 1.64 bits per heavy atom. The second kappa shape index (κ2) is 7.05. The van der Waals surface area contributed by atoms with Crippen LogP contribution >= 0.6 is 0 Å². The fraction of sp³-hybridized carbons (Fsp3) is 0.158. The van der Waals surface area contributed by atoms with Crippen molar-refractivity contribution in [3.8, 4) is 5.75 Å². The second-order valence-corrected chi connectivity index (χ2v) is 8.07. The Kier molecular flexibility index (Phi) is 5.05. The SMILES string of the molecule is CS(=O)(=O)c1cc(F)c(C2=CCC=C2c2cccc(OC(F)(F)F)c2)cc1F. The number of allylic oxidation sites excluding steroid dienone is 4. The van der Waals surface area contributed by atoms with E-state index in [4.69, 9.17) is 0 Å². The summed E-state index contributed by atoms with van der Waals surface area (Å²) in [5.74, 6) is -2.51. The van der Waals surface area contributed by atoms with Crippen molar-refractivity contribution in [3.05, 3.63) is 71.3 Å². The maximum Gasteiger partial charge on any atom is 0.573 e. The van der Waals surface area contributed by atoms with Gasteiger partial charge in [0.05, 0.1) is 0 Å². The predicted molar refractivity (Wildman–Crippen MR) is 93.2 cm³/mol. The van der Waals surface area contributed by atoms with Crippen LogP contribution in [0.4, 0.5) is 22.0 Å². The number of hydrogen-bond acceptors (Lipinski definition) is 3. The van der Waals surface area contributed by atoms with Gasteiger partial charge in [-0.1, -0.05) is 24.3 Å². The molecule has 0 N–H and O–H groups in total. The lowest BCUT2D eigenvalue weighted by molar-refractivity contribution is -0.274. The number of halogens is 5. The van der Waals surface area contributed by atoms with Crippen LogP contribution in [0.5, 0.6) is 5.75 Å². The first kappa shape index (κ1) is 20.1. The molecule has 0 amide bonds. The van der Waals surface area contributed by atoms with Gasteiger partial charge in [-0.3, -0.25) is 0 Å². The van der Waals surface area contributed by atoms with Crippen LogP contribution in [0.15, 0.2) is 53.4 Å². The summed E-state index contributed by atoms with van der Waals surface area (Å²) < 4.78 is 93.0. The second-order valence-electron chi connectivity index (χ2n) is 6.08. The zero-order valence-electron chi connectivity index (χ0n) is 14.3. The van der Waals surface area contributed by atoms with Gasteiger partial charge in [-0.05, 0) is 47.4 Å². The Morgan fingerprint density at radius 3 is 2.29 bits per heavy atom. The van der Waals surface area contributed by atoms with E-state index in [9.17, 15) is 30.4 Å². The van der Waals surface area contributed by atoms with Gasteiger partial charge in [-0.2, -0.15) is 0 Å². The van der Waals surface area contributed by atoms with Gasteiger partial charge < -0.3 is 4.74 Å². The summed E-state index contributed by atoms with van der Waals surface area (Å²) in [5.41, 5.74) is 0.770. The molecule has 148 valence electrons. The van der Waals surface area contributed by atoms with Crippen molar-refractivity contribution in [2.24, 2.45) is 0 Å². The minimum Gasteiger partial charge on any atom is -0.406 e. The molecule has 3 rings (SSSR count). The summed E-state index contributed by atoms with van der Waals surface area (Å²) in [6, 6.07) is 6.48. The normalized spacial score (nSPS) is 14.6. The lowest BCUT2D eigenvalue weighted by Gasteiger charge is -2.14. The Bertz CT molecular complexity index is 1100. The summed E-state index contributed by atoms with van der Waals surface area (Å²) >= 11 is 0. The van der Waals surface area contributed by atoms with Crippen molar-refractivity contribution in [2.45, 2.75) is 17.7 Å². The minimum atomic E-state index is -4.86. The summed E-state index contributed by atoms with van der Waals surface area (Å²) in [7, 11) is -3.96. The number of benzene rings is 2. The predicted octanol–water partition coefficient (Wildman–Crippen LogP) is 5.14. The van der Waals surface area contributed by atoms with Gasteiger partial charge in [-0.15, -0.1) is 13.2 Å². The van der Waals surface area contributed by atoms with E-state index in [0.717, 1.165) is 24.5 Å². The van der Waals surface area contributed by atoms with E-state index in [2.05, 4.69) is 4.74 Å². The van der Waals surface area contributed by atoms with E-state index in [-0.39, 0.29) is 11.1 Å². The number of ether oxygens (including phenoxy) is 1. The summed E-state index contributed by atoms with van der Waals surface area (Å²) in [4.78, 5) is -0.765. The molecule has 0 fully saturated rings. The Balaban J connectivity index is 2.01. The lowest BCUT2D eigenvalue weighted by Crippen LogP contribution is -2.17. The number of alkyl halides is 3. The maximum atomic E-state index is 14.5. The van der Waals surface area contributed by atoms with Gasteiger partial charge in [0.25, 0.3) is 0 Å². The van der Waals surface area contributed by atoms with E-state index >= 15 is 0 Å². The van der Waals surface area contributed by atoms with Crippen LogP contribution in [0.1, 0.15) is 17.5 Å². The largest absolute Gasteiger partial charge is 0.573 e. The third-order valence-corrected chi connectivity index (χ3v) is 5.14. The van der Waals surface area contributed by atoms with E-state index in [1.807, 2.05) is 0 Å². The van der Waals surface area contributed by atoms with Gasteiger partial charge >= 0.3 is 6.36 Å². The van der Waals surface area contributed by atoms with Crippen LogP contribution in [0, 0.1) is 11.6 Å². The highest BCUT2D eigenvalue weighted by atomic mass is 32.2. The molecule has 2 aromatic rings. The van der Waals surface area contributed by atoms with Gasteiger partial charge in [0.2, 0.25) is 0 Å². The van der Waals surface area contributed by atoms with Crippen molar-refractivity contribution in [1.82, 2.24) is 0 Å². The number of rotatable bonds is 4. The molecule has 0 aromatic heterocycles. The van der Waals surface area contributed by atoms with Crippen LogP contribution in [-0.2, 0) is 9.84 Å². The van der Waals surface area contributed by atoms with E-state index in [1.165, 1.54) is 12.1 Å². The first-order chi connectivity index (χ1) is 13.0. The topological polar surface area (TPSA) is 43.4 Å². The van der Waals surface area contributed by atoms with Gasteiger partial charge in [-0.25, -0.2) is 17.2 Å². The highest BCUT2D eigenvalue weighted by Crippen LogP contribution is 2.39. The average molecular weight is 416 g/mol. The summed E-state index contributed by atoms with van der Waals surface area (Å²) in [5, 5.41) is 0. The van der Waals surface area contributed by atoms with Crippen LogP contribution in [0.2, 0.25) is 0 Å². The van der Waals surface area contributed by atoms with Gasteiger partial charge in [0.1, 0.15) is 22.3 Å². The molecule has 0 atom stereocenters. The van der Waals surface area contributed by atoms with E-state index in [1.54, 1.807) is 12.2 Å². The zero-order chi connectivity index (χ0) is 20.7. The van der Waals surface area contributed by atoms with Crippen molar-refractivity contribution < 1.29 is 35.1 Å². The fourth-order valence-corrected chi connectivity index (χ4v) is 3.65. The molecule has 0 unspecified atom stereocenters. The quantitative estimate of drug-likeness (QED) is 0.649. The fourth-order valence-electron chi connectivity index (χ4n) is 2.92. The van der Waals surface area contributed by atoms with Crippen molar-refractivity contribution in [2.75, 3.05) is 6.26 Å². The number of sulfone groups is 1. The third-order valence-electron chi connectivity index (χ3n) is 4.02. The third kappa shape index (κ3) is 4.24. The number of hydrogen-bond donors (Lipinski definition) is 0. The highest BCUT2D eigenvalue weighted by Gasteiger charge is 2.31. The summed E-state index contributed by atoms with van der Waals surface area (Å²) in [6.45, 7) is 0. The molecule has 0 bridgehead atoms.